The molecule has 0 atom stereocenters. The van der Waals surface area contributed by atoms with Crippen molar-refractivity contribution in [3.63, 3.8) is 0 Å². The Bertz CT molecular complexity index is 525. The van der Waals surface area contributed by atoms with Crippen molar-refractivity contribution < 1.29 is 4.79 Å². The summed E-state index contributed by atoms with van der Waals surface area (Å²) in [5, 5.41) is 0. The fraction of sp³-hybridized carbons (Fsp3) is 0.385. The fourth-order valence-electron chi connectivity index (χ4n) is 2.44. The highest BCUT2D eigenvalue weighted by Crippen LogP contribution is 2.22. The standard InChI is InChI=1S/C13H15N3O/c17-13-3-1-2-12-11(13)4-6-16(12)9-8-15-7-5-14-10-15/h4-7,10H,1-3,8-9H2. The summed E-state index contributed by atoms with van der Waals surface area (Å²) in [6, 6.07) is 1.96. The molecule has 0 amide bonds. The third kappa shape index (κ3) is 1.90. The lowest BCUT2D eigenvalue weighted by atomic mass is 9.97. The van der Waals surface area contributed by atoms with Gasteiger partial charge in [0.05, 0.1) is 6.33 Å². The van der Waals surface area contributed by atoms with E-state index in [-0.39, 0.29) is 0 Å². The van der Waals surface area contributed by atoms with Gasteiger partial charge in [-0.15, -0.1) is 0 Å². The first-order chi connectivity index (χ1) is 8.34. The minimum Gasteiger partial charge on any atom is -0.349 e. The molecule has 2 heterocycles. The molecule has 4 nitrogen and oxygen atoms in total. The van der Waals surface area contributed by atoms with Crippen LogP contribution in [0.3, 0.4) is 0 Å². The lowest BCUT2D eigenvalue weighted by Crippen LogP contribution is -2.14. The Morgan fingerprint density at radius 3 is 3.00 bits per heavy atom. The molecule has 17 heavy (non-hydrogen) atoms. The van der Waals surface area contributed by atoms with Crippen LogP contribution in [0.25, 0.3) is 0 Å². The molecule has 0 saturated carbocycles. The zero-order chi connectivity index (χ0) is 11.7. The van der Waals surface area contributed by atoms with Crippen LogP contribution in [0, 0.1) is 0 Å². The topological polar surface area (TPSA) is 39.8 Å². The largest absolute Gasteiger partial charge is 0.349 e. The number of fused-ring (bicyclic) bond motifs is 1. The van der Waals surface area contributed by atoms with Crippen molar-refractivity contribution >= 4 is 5.78 Å². The average molecular weight is 229 g/mol. The molecule has 0 aromatic carbocycles. The number of rotatable bonds is 3. The van der Waals surface area contributed by atoms with Crippen molar-refractivity contribution in [2.45, 2.75) is 32.4 Å². The Morgan fingerprint density at radius 2 is 2.18 bits per heavy atom. The molecule has 0 N–H and O–H groups in total. The lowest BCUT2D eigenvalue weighted by molar-refractivity contribution is 0.0971. The monoisotopic (exact) mass is 229 g/mol. The van der Waals surface area contributed by atoms with Gasteiger partial charge >= 0.3 is 0 Å². The van der Waals surface area contributed by atoms with Crippen LogP contribution in [0.4, 0.5) is 0 Å². The van der Waals surface area contributed by atoms with Crippen LogP contribution in [-0.2, 0) is 19.5 Å². The van der Waals surface area contributed by atoms with Crippen molar-refractivity contribution in [1.29, 1.82) is 0 Å². The number of hydrogen-bond donors (Lipinski definition) is 0. The van der Waals surface area contributed by atoms with Gasteiger partial charge in [0.25, 0.3) is 0 Å². The lowest BCUT2D eigenvalue weighted by Gasteiger charge is -2.15. The first-order valence-corrected chi connectivity index (χ1v) is 6.01. The fourth-order valence-corrected chi connectivity index (χ4v) is 2.44. The van der Waals surface area contributed by atoms with Crippen LogP contribution in [0.2, 0.25) is 0 Å². The molecule has 0 radical (unpaired) electrons. The average Bonchev–Trinajstić information content (AvgIpc) is 2.95. The highest BCUT2D eigenvalue weighted by Gasteiger charge is 2.20. The third-order valence-corrected chi connectivity index (χ3v) is 3.35. The summed E-state index contributed by atoms with van der Waals surface area (Å²) in [6.45, 7) is 1.80. The first-order valence-electron chi connectivity index (χ1n) is 6.01. The summed E-state index contributed by atoms with van der Waals surface area (Å²) in [5.74, 6) is 0.299. The van der Waals surface area contributed by atoms with Crippen LogP contribution in [0.15, 0.2) is 31.0 Å². The second-order valence-corrected chi connectivity index (χ2v) is 4.45. The minimum atomic E-state index is 0.299. The SMILES string of the molecule is O=C1CCCc2c1ccn2CCn1ccnc1. The van der Waals surface area contributed by atoms with E-state index in [1.54, 1.807) is 6.20 Å². The van der Waals surface area contributed by atoms with Crippen LogP contribution in [-0.4, -0.2) is 19.9 Å². The molecule has 88 valence electrons. The van der Waals surface area contributed by atoms with E-state index in [9.17, 15) is 4.79 Å². The normalized spacial score (nSPS) is 14.9. The van der Waals surface area contributed by atoms with Crippen molar-refractivity contribution in [1.82, 2.24) is 14.1 Å². The van der Waals surface area contributed by atoms with E-state index in [0.717, 1.165) is 31.5 Å². The van der Waals surface area contributed by atoms with Crippen LogP contribution >= 0.6 is 0 Å². The molecule has 0 spiro atoms. The summed E-state index contributed by atoms with van der Waals surface area (Å²) < 4.78 is 4.25. The Kier molecular flexibility index (Phi) is 2.55. The number of carbonyl (C=O) groups is 1. The maximum Gasteiger partial charge on any atom is 0.164 e. The van der Waals surface area contributed by atoms with Gasteiger partial charge < -0.3 is 9.13 Å². The van der Waals surface area contributed by atoms with Crippen molar-refractivity contribution in [3.8, 4) is 0 Å². The first kappa shape index (κ1) is 10.3. The second-order valence-electron chi connectivity index (χ2n) is 4.45. The van der Waals surface area contributed by atoms with Gasteiger partial charge in [0.1, 0.15) is 0 Å². The molecule has 0 aliphatic heterocycles. The molecular weight excluding hydrogens is 214 g/mol. The van der Waals surface area contributed by atoms with Crippen molar-refractivity contribution in [2.75, 3.05) is 0 Å². The summed E-state index contributed by atoms with van der Waals surface area (Å²) in [4.78, 5) is 15.7. The number of imidazole rings is 1. The minimum absolute atomic E-state index is 0.299. The molecule has 0 saturated heterocycles. The molecule has 2 aromatic rings. The van der Waals surface area contributed by atoms with Gasteiger partial charge in [-0.1, -0.05) is 0 Å². The second kappa shape index (κ2) is 4.20. The van der Waals surface area contributed by atoms with Crippen LogP contribution in [0.5, 0.6) is 0 Å². The number of aromatic nitrogens is 3. The highest BCUT2D eigenvalue weighted by molar-refractivity contribution is 5.98. The van der Waals surface area contributed by atoms with Gasteiger partial charge in [0.2, 0.25) is 0 Å². The Balaban J connectivity index is 1.78. The number of aryl methyl sites for hydroxylation is 2. The van der Waals surface area contributed by atoms with E-state index in [4.69, 9.17) is 0 Å². The number of Topliss-reactive ketones (excluding diaryl/α,β-unsaturated/α-hetero) is 1. The number of ketones is 1. The molecule has 0 bridgehead atoms. The zero-order valence-electron chi connectivity index (χ0n) is 9.67. The van der Waals surface area contributed by atoms with E-state index < -0.39 is 0 Å². The van der Waals surface area contributed by atoms with Crippen LogP contribution < -0.4 is 0 Å². The summed E-state index contributed by atoms with van der Waals surface area (Å²) in [7, 11) is 0. The van der Waals surface area contributed by atoms with Gasteiger partial charge in [0.15, 0.2) is 5.78 Å². The molecule has 0 fully saturated rings. The molecular formula is C13H15N3O. The predicted octanol–water partition coefficient (Wildman–Crippen LogP) is 1.90. The smallest absolute Gasteiger partial charge is 0.164 e. The molecule has 4 heteroatoms. The summed E-state index contributed by atoms with van der Waals surface area (Å²) in [5.41, 5.74) is 2.14. The van der Waals surface area contributed by atoms with E-state index in [2.05, 4.69) is 14.1 Å². The Labute approximate surface area is 99.9 Å². The number of hydrogen-bond acceptors (Lipinski definition) is 2. The van der Waals surface area contributed by atoms with Gasteiger partial charge in [0, 0.05) is 49.4 Å². The van der Waals surface area contributed by atoms with Gasteiger partial charge in [-0.3, -0.25) is 4.79 Å². The van der Waals surface area contributed by atoms with Gasteiger partial charge in [-0.25, -0.2) is 4.98 Å². The van der Waals surface area contributed by atoms with Crippen LogP contribution in [0.1, 0.15) is 28.9 Å². The predicted molar refractivity (Wildman–Crippen MR) is 63.9 cm³/mol. The molecule has 1 aliphatic rings. The van der Waals surface area contributed by atoms with E-state index in [0.29, 0.717) is 12.2 Å². The summed E-state index contributed by atoms with van der Waals surface area (Å²) >= 11 is 0. The Hall–Kier alpha value is -1.84. The highest BCUT2D eigenvalue weighted by atomic mass is 16.1. The molecule has 0 unspecified atom stereocenters. The third-order valence-electron chi connectivity index (χ3n) is 3.35. The van der Waals surface area contributed by atoms with Crippen molar-refractivity contribution in [3.05, 3.63) is 42.2 Å². The quantitative estimate of drug-likeness (QED) is 0.806. The van der Waals surface area contributed by atoms with E-state index in [1.165, 1.54) is 5.69 Å². The summed E-state index contributed by atoms with van der Waals surface area (Å²) in [6.07, 6.45) is 10.3. The zero-order valence-corrected chi connectivity index (χ0v) is 9.67. The molecule has 1 aliphatic carbocycles. The number of nitrogens with zero attached hydrogens (tertiary/aromatic N) is 3. The maximum atomic E-state index is 11.7. The van der Waals surface area contributed by atoms with E-state index >= 15 is 0 Å². The van der Waals surface area contributed by atoms with E-state index in [1.807, 2.05) is 24.8 Å². The maximum absolute atomic E-state index is 11.7. The van der Waals surface area contributed by atoms with Gasteiger partial charge in [-0.05, 0) is 18.9 Å². The molecule has 2 aromatic heterocycles. The number of carbonyl (C=O) groups excluding carboxylic acids is 1. The van der Waals surface area contributed by atoms with Crippen molar-refractivity contribution in [2.24, 2.45) is 0 Å². The van der Waals surface area contributed by atoms with Gasteiger partial charge in [-0.2, -0.15) is 0 Å². The Morgan fingerprint density at radius 1 is 1.24 bits per heavy atom. The molecule has 3 rings (SSSR count).